The van der Waals surface area contributed by atoms with Crippen molar-refractivity contribution in [1.29, 1.82) is 0 Å². The summed E-state index contributed by atoms with van der Waals surface area (Å²) in [6, 6.07) is 4.95. The first-order chi connectivity index (χ1) is 11.5. The highest BCUT2D eigenvalue weighted by atomic mass is 19.1. The molecule has 1 aromatic carbocycles. The van der Waals surface area contributed by atoms with Gasteiger partial charge in [-0.05, 0) is 31.9 Å². The van der Waals surface area contributed by atoms with E-state index < -0.39 is 0 Å². The van der Waals surface area contributed by atoms with Gasteiger partial charge in [0.1, 0.15) is 23.7 Å². The predicted molar refractivity (Wildman–Crippen MR) is 90.9 cm³/mol. The van der Waals surface area contributed by atoms with Gasteiger partial charge in [0.25, 0.3) is 0 Å². The number of fused-ring (bicyclic) bond motifs is 1. The Morgan fingerprint density at radius 3 is 2.83 bits per heavy atom. The monoisotopic (exact) mass is 327 g/mol. The van der Waals surface area contributed by atoms with Gasteiger partial charge in [-0.3, -0.25) is 0 Å². The Bertz CT molecular complexity index is 916. The molecule has 1 aliphatic rings. The highest BCUT2D eigenvalue weighted by molar-refractivity contribution is 5.77. The van der Waals surface area contributed by atoms with Gasteiger partial charge in [-0.1, -0.05) is 0 Å². The first-order valence-electron chi connectivity index (χ1n) is 7.84. The van der Waals surface area contributed by atoms with Crippen LogP contribution in [0.15, 0.2) is 24.5 Å². The molecule has 2 aromatic heterocycles. The molecule has 0 spiro atoms. The molecule has 3 aromatic rings. The van der Waals surface area contributed by atoms with Gasteiger partial charge >= 0.3 is 0 Å². The fourth-order valence-electron chi connectivity index (χ4n) is 2.91. The summed E-state index contributed by atoms with van der Waals surface area (Å²) in [6.07, 6.45) is 3.57. The van der Waals surface area contributed by atoms with E-state index in [1.165, 1.54) is 18.5 Å². The van der Waals surface area contributed by atoms with Gasteiger partial charge in [0.2, 0.25) is 0 Å². The number of halogens is 1. The van der Waals surface area contributed by atoms with Gasteiger partial charge in [0.15, 0.2) is 11.6 Å². The van der Waals surface area contributed by atoms with Crippen LogP contribution in [0.4, 0.5) is 21.7 Å². The topological polar surface area (TPSA) is 108 Å². The minimum Gasteiger partial charge on any atom is -0.393 e. The van der Waals surface area contributed by atoms with E-state index in [2.05, 4.69) is 24.8 Å². The van der Waals surface area contributed by atoms with Crippen LogP contribution in [-0.4, -0.2) is 19.5 Å². The Morgan fingerprint density at radius 2 is 2.08 bits per heavy atom. The fraction of sp³-hybridized carbons (Fsp3) is 0.312. The van der Waals surface area contributed by atoms with Crippen LogP contribution in [-0.2, 0) is 0 Å². The van der Waals surface area contributed by atoms with Crippen molar-refractivity contribution < 1.29 is 4.39 Å². The number of nitrogens with zero attached hydrogens (tertiary/aromatic N) is 4. The number of nitrogens with one attached hydrogen (secondary N) is 1. The second-order valence-electron chi connectivity index (χ2n) is 6.09. The van der Waals surface area contributed by atoms with Crippen molar-refractivity contribution in [2.75, 3.05) is 16.8 Å². The Hall–Kier alpha value is -2.90. The van der Waals surface area contributed by atoms with E-state index >= 15 is 0 Å². The summed E-state index contributed by atoms with van der Waals surface area (Å²) in [6.45, 7) is 1.97. The molecular formula is C16H18FN7. The first kappa shape index (κ1) is 14.7. The minimum absolute atomic E-state index is 0.169. The van der Waals surface area contributed by atoms with Crippen molar-refractivity contribution in [3.63, 3.8) is 0 Å². The number of nitrogen functional groups attached to an aromatic ring is 2. The Balaban J connectivity index is 1.75. The highest BCUT2D eigenvalue weighted by Gasteiger charge is 2.30. The smallest absolute Gasteiger partial charge is 0.155 e. The summed E-state index contributed by atoms with van der Waals surface area (Å²) in [4.78, 5) is 12.6. The summed E-state index contributed by atoms with van der Waals surface area (Å²) >= 11 is 0. The molecule has 1 aliphatic carbocycles. The Morgan fingerprint density at radius 1 is 1.29 bits per heavy atom. The van der Waals surface area contributed by atoms with Crippen LogP contribution in [0.1, 0.15) is 37.7 Å². The van der Waals surface area contributed by atoms with Crippen LogP contribution in [0, 0.1) is 5.82 Å². The zero-order valence-corrected chi connectivity index (χ0v) is 13.2. The van der Waals surface area contributed by atoms with E-state index in [0.717, 1.165) is 24.2 Å². The zero-order valence-electron chi connectivity index (χ0n) is 13.2. The van der Waals surface area contributed by atoms with Gasteiger partial charge in [-0.2, -0.15) is 0 Å². The van der Waals surface area contributed by atoms with E-state index in [0.29, 0.717) is 23.1 Å². The number of imidazole rings is 1. The molecule has 2 heterocycles. The van der Waals surface area contributed by atoms with Gasteiger partial charge in [0.05, 0.1) is 17.1 Å². The number of hydrogen-bond acceptors (Lipinski definition) is 6. The summed E-state index contributed by atoms with van der Waals surface area (Å²) in [5.74, 6) is 1.24. The van der Waals surface area contributed by atoms with E-state index in [4.69, 9.17) is 11.5 Å². The number of aromatic nitrogens is 4. The molecular weight excluding hydrogens is 309 g/mol. The Labute approximate surface area is 137 Å². The molecule has 1 fully saturated rings. The molecule has 8 heteroatoms. The van der Waals surface area contributed by atoms with Gasteiger partial charge in [-0.25, -0.2) is 19.3 Å². The standard InChI is InChI=1S/C16H18FN7/c1-8(22-15-13(18)14(19)20-7-21-15)16-23-11-6-9(17)2-5-12(11)24(16)10-3-4-10/h2,5-8,10H,3-4,18H2,1H3,(H3,19,20,21,22)/t8-/m0/s1. The molecule has 0 aliphatic heterocycles. The predicted octanol–water partition coefficient (Wildman–Crippen LogP) is 2.64. The number of anilines is 3. The van der Waals surface area contributed by atoms with Crippen molar-refractivity contribution in [2.24, 2.45) is 0 Å². The third kappa shape index (κ3) is 2.40. The maximum atomic E-state index is 13.5. The van der Waals surface area contributed by atoms with Crippen molar-refractivity contribution in [3.8, 4) is 0 Å². The zero-order chi connectivity index (χ0) is 16.8. The number of hydrogen-bond donors (Lipinski definition) is 3. The van der Waals surface area contributed by atoms with Crippen LogP contribution in [0.3, 0.4) is 0 Å². The van der Waals surface area contributed by atoms with E-state index in [1.54, 1.807) is 6.07 Å². The molecule has 5 N–H and O–H groups in total. The van der Waals surface area contributed by atoms with Gasteiger partial charge < -0.3 is 21.4 Å². The lowest BCUT2D eigenvalue weighted by molar-refractivity contribution is 0.629. The molecule has 1 atom stereocenters. The maximum absolute atomic E-state index is 13.5. The van der Waals surface area contributed by atoms with Gasteiger partial charge in [0, 0.05) is 12.1 Å². The SMILES string of the molecule is C[C@H](Nc1ncnc(N)c1N)c1nc2cc(F)ccc2n1C1CC1. The quantitative estimate of drug-likeness (QED) is 0.680. The van der Waals surface area contributed by atoms with Crippen LogP contribution in [0.2, 0.25) is 0 Å². The summed E-state index contributed by atoms with van der Waals surface area (Å²) in [5.41, 5.74) is 13.6. The molecule has 24 heavy (non-hydrogen) atoms. The van der Waals surface area contributed by atoms with Gasteiger partial charge in [-0.15, -0.1) is 0 Å². The van der Waals surface area contributed by atoms with Crippen LogP contribution in [0.5, 0.6) is 0 Å². The molecule has 0 bridgehead atoms. The highest BCUT2D eigenvalue weighted by Crippen LogP contribution is 2.40. The van der Waals surface area contributed by atoms with Crippen LogP contribution >= 0.6 is 0 Å². The molecule has 4 rings (SSSR count). The van der Waals surface area contributed by atoms with E-state index in [9.17, 15) is 4.39 Å². The maximum Gasteiger partial charge on any atom is 0.155 e. The van der Waals surface area contributed by atoms with Crippen molar-refractivity contribution in [2.45, 2.75) is 31.8 Å². The first-order valence-corrected chi connectivity index (χ1v) is 7.84. The van der Waals surface area contributed by atoms with Crippen molar-refractivity contribution in [1.82, 2.24) is 19.5 Å². The minimum atomic E-state index is -0.289. The van der Waals surface area contributed by atoms with E-state index in [1.807, 2.05) is 6.92 Å². The lowest BCUT2D eigenvalue weighted by Crippen LogP contribution is -2.16. The average molecular weight is 327 g/mol. The Kier molecular flexibility index (Phi) is 3.26. The second-order valence-corrected chi connectivity index (χ2v) is 6.09. The van der Waals surface area contributed by atoms with Crippen molar-refractivity contribution in [3.05, 3.63) is 36.2 Å². The summed E-state index contributed by atoms with van der Waals surface area (Å²) in [5, 5.41) is 3.23. The van der Waals surface area contributed by atoms with E-state index in [-0.39, 0.29) is 17.7 Å². The lowest BCUT2D eigenvalue weighted by Gasteiger charge is -2.17. The molecule has 0 unspecified atom stereocenters. The summed E-state index contributed by atoms with van der Waals surface area (Å²) < 4.78 is 15.7. The largest absolute Gasteiger partial charge is 0.393 e. The normalized spacial score (nSPS) is 15.6. The lowest BCUT2D eigenvalue weighted by atomic mass is 10.3. The molecule has 7 nitrogen and oxygen atoms in total. The summed E-state index contributed by atoms with van der Waals surface area (Å²) in [7, 11) is 0. The number of rotatable bonds is 4. The third-order valence-electron chi connectivity index (χ3n) is 4.25. The number of benzene rings is 1. The molecule has 0 saturated heterocycles. The fourth-order valence-corrected chi connectivity index (χ4v) is 2.91. The molecule has 124 valence electrons. The average Bonchev–Trinajstić information content (AvgIpc) is 3.32. The third-order valence-corrected chi connectivity index (χ3v) is 4.25. The molecule has 1 saturated carbocycles. The molecule has 0 radical (unpaired) electrons. The van der Waals surface area contributed by atoms with Crippen LogP contribution in [0.25, 0.3) is 11.0 Å². The van der Waals surface area contributed by atoms with Crippen LogP contribution < -0.4 is 16.8 Å². The second kappa shape index (κ2) is 5.33. The number of nitrogens with two attached hydrogens (primary N) is 2. The molecule has 0 amide bonds. The van der Waals surface area contributed by atoms with Crippen molar-refractivity contribution >= 4 is 28.4 Å².